The SMILES string of the molecule is CCC(CN)c1ccc(-c2c(O)ccc3[nH]c(=O)c4sccc4c23)cc1.Cl. The summed E-state index contributed by atoms with van der Waals surface area (Å²) in [6.45, 7) is 2.75. The van der Waals surface area contributed by atoms with E-state index in [1.165, 1.54) is 16.9 Å². The van der Waals surface area contributed by atoms with Gasteiger partial charge in [-0.25, -0.2) is 0 Å². The molecule has 0 radical (unpaired) electrons. The van der Waals surface area contributed by atoms with Crippen LogP contribution >= 0.6 is 23.7 Å². The Morgan fingerprint density at radius 3 is 2.56 bits per heavy atom. The van der Waals surface area contributed by atoms with Crippen LogP contribution in [0, 0.1) is 0 Å². The summed E-state index contributed by atoms with van der Waals surface area (Å²) in [5, 5.41) is 14.2. The van der Waals surface area contributed by atoms with Crippen molar-refractivity contribution in [2.45, 2.75) is 19.3 Å². The number of aromatic nitrogens is 1. The van der Waals surface area contributed by atoms with Crippen LogP contribution < -0.4 is 11.3 Å². The highest BCUT2D eigenvalue weighted by atomic mass is 35.5. The number of pyridine rings is 1. The van der Waals surface area contributed by atoms with Crippen molar-refractivity contribution >= 4 is 44.7 Å². The van der Waals surface area contributed by atoms with E-state index in [0.29, 0.717) is 17.2 Å². The topological polar surface area (TPSA) is 79.1 Å². The van der Waals surface area contributed by atoms with Gasteiger partial charge in [0.05, 0.1) is 0 Å². The molecule has 4 nitrogen and oxygen atoms in total. The zero-order valence-electron chi connectivity index (χ0n) is 14.9. The van der Waals surface area contributed by atoms with E-state index < -0.39 is 0 Å². The standard InChI is InChI=1S/C21H20N2O2S.ClH/c1-2-12(11-22)13-3-5-14(6-4-13)18-17(24)8-7-16-19(18)15-9-10-26-20(15)21(25)23-16;/h3-10,12,24H,2,11,22H2,1H3,(H,23,25);1H. The maximum Gasteiger partial charge on any atom is 0.266 e. The molecule has 27 heavy (non-hydrogen) atoms. The van der Waals surface area contributed by atoms with Gasteiger partial charge in [-0.3, -0.25) is 4.79 Å². The predicted molar refractivity (Wildman–Crippen MR) is 116 cm³/mol. The molecule has 0 bridgehead atoms. The predicted octanol–water partition coefficient (Wildman–Crippen LogP) is 4.99. The minimum atomic E-state index is -0.0942. The second kappa shape index (κ2) is 7.72. The van der Waals surface area contributed by atoms with Crippen LogP contribution in [0.15, 0.2) is 52.6 Å². The first-order valence-electron chi connectivity index (χ1n) is 8.69. The molecule has 0 amide bonds. The zero-order chi connectivity index (χ0) is 18.3. The molecule has 1 unspecified atom stereocenters. The summed E-state index contributed by atoms with van der Waals surface area (Å²) in [6, 6.07) is 13.5. The van der Waals surface area contributed by atoms with Crippen LogP contribution in [0.25, 0.3) is 32.1 Å². The quantitative estimate of drug-likeness (QED) is 0.451. The molecule has 1 atom stereocenters. The molecule has 0 aliphatic carbocycles. The molecule has 4 aromatic rings. The monoisotopic (exact) mass is 400 g/mol. The van der Waals surface area contributed by atoms with Crippen LogP contribution in [0.1, 0.15) is 24.8 Å². The molecule has 0 saturated heterocycles. The number of nitrogens with two attached hydrogens (primary N) is 1. The van der Waals surface area contributed by atoms with Gasteiger partial charge in [0.2, 0.25) is 0 Å². The molecular weight excluding hydrogens is 380 g/mol. The second-order valence-electron chi connectivity index (χ2n) is 6.46. The van der Waals surface area contributed by atoms with Crippen molar-refractivity contribution in [2.24, 2.45) is 5.73 Å². The lowest BCUT2D eigenvalue weighted by molar-refractivity contribution is 0.478. The molecule has 0 aliphatic heterocycles. The largest absolute Gasteiger partial charge is 0.507 e. The van der Waals surface area contributed by atoms with E-state index in [1.807, 2.05) is 23.6 Å². The van der Waals surface area contributed by atoms with Gasteiger partial charge < -0.3 is 15.8 Å². The molecule has 2 aromatic carbocycles. The number of aromatic amines is 1. The van der Waals surface area contributed by atoms with Crippen LogP contribution in [0.2, 0.25) is 0 Å². The van der Waals surface area contributed by atoms with Crippen LogP contribution in [0.5, 0.6) is 5.75 Å². The molecule has 4 rings (SSSR count). The summed E-state index contributed by atoms with van der Waals surface area (Å²) in [5.41, 5.74) is 9.35. The number of aromatic hydroxyl groups is 1. The maximum absolute atomic E-state index is 12.3. The summed E-state index contributed by atoms with van der Waals surface area (Å²) in [6.07, 6.45) is 0.992. The van der Waals surface area contributed by atoms with Gasteiger partial charge in [-0.15, -0.1) is 23.7 Å². The van der Waals surface area contributed by atoms with Crippen LogP contribution in [0.3, 0.4) is 0 Å². The van der Waals surface area contributed by atoms with Crippen molar-refractivity contribution in [1.82, 2.24) is 4.98 Å². The number of benzene rings is 2. The van der Waals surface area contributed by atoms with Crippen LogP contribution in [-0.4, -0.2) is 16.6 Å². The minimum absolute atomic E-state index is 0. The number of hydrogen-bond donors (Lipinski definition) is 3. The number of phenols is 1. The zero-order valence-corrected chi connectivity index (χ0v) is 16.5. The number of rotatable bonds is 4. The third-order valence-electron chi connectivity index (χ3n) is 5.02. The van der Waals surface area contributed by atoms with E-state index in [-0.39, 0.29) is 23.7 Å². The summed E-state index contributed by atoms with van der Waals surface area (Å²) >= 11 is 1.41. The van der Waals surface area contributed by atoms with Crippen molar-refractivity contribution in [3.63, 3.8) is 0 Å². The molecular formula is C21H21ClN2O2S. The van der Waals surface area contributed by atoms with Crippen molar-refractivity contribution < 1.29 is 5.11 Å². The molecule has 4 N–H and O–H groups in total. The smallest absolute Gasteiger partial charge is 0.266 e. The van der Waals surface area contributed by atoms with Gasteiger partial charge in [0.1, 0.15) is 10.4 Å². The number of thiophene rings is 1. The van der Waals surface area contributed by atoms with Gasteiger partial charge in [-0.1, -0.05) is 31.2 Å². The summed E-state index contributed by atoms with van der Waals surface area (Å²) < 4.78 is 0.676. The highest BCUT2D eigenvalue weighted by molar-refractivity contribution is 7.17. The van der Waals surface area contributed by atoms with Crippen molar-refractivity contribution in [3.05, 3.63) is 63.8 Å². The Kier molecular flexibility index (Phi) is 5.56. The number of fused-ring (bicyclic) bond motifs is 3. The number of halogens is 1. The normalized spacial score (nSPS) is 12.2. The third kappa shape index (κ3) is 3.23. The molecule has 0 saturated carbocycles. The fourth-order valence-corrected chi connectivity index (χ4v) is 4.38. The lowest BCUT2D eigenvalue weighted by atomic mass is 9.92. The first kappa shape index (κ1) is 19.4. The third-order valence-corrected chi connectivity index (χ3v) is 5.93. The average Bonchev–Trinajstić information content (AvgIpc) is 3.15. The molecule has 0 spiro atoms. The van der Waals surface area contributed by atoms with E-state index in [2.05, 4.69) is 24.0 Å². The van der Waals surface area contributed by atoms with E-state index in [9.17, 15) is 9.90 Å². The van der Waals surface area contributed by atoms with Crippen LogP contribution in [-0.2, 0) is 0 Å². The molecule has 6 heteroatoms. The van der Waals surface area contributed by atoms with Gasteiger partial charge in [-0.2, -0.15) is 0 Å². The Balaban J connectivity index is 0.00000210. The van der Waals surface area contributed by atoms with Gasteiger partial charge in [0.25, 0.3) is 5.56 Å². The van der Waals surface area contributed by atoms with Gasteiger partial charge in [-0.05, 0) is 53.6 Å². The molecule has 140 valence electrons. The number of phenolic OH excluding ortho intramolecular Hbond substituents is 1. The Hall–Kier alpha value is -2.34. The number of hydrogen-bond acceptors (Lipinski definition) is 4. The van der Waals surface area contributed by atoms with Crippen LogP contribution in [0.4, 0.5) is 0 Å². The lowest BCUT2D eigenvalue weighted by Gasteiger charge is -2.15. The van der Waals surface area contributed by atoms with E-state index in [4.69, 9.17) is 5.73 Å². The van der Waals surface area contributed by atoms with Gasteiger partial charge in [0.15, 0.2) is 0 Å². The second-order valence-corrected chi connectivity index (χ2v) is 7.38. The number of nitrogens with one attached hydrogen (secondary N) is 1. The Morgan fingerprint density at radius 2 is 1.89 bits per heavy atom. The average molecular weight is 401 g/mol. The Morgan fingerprint density at radius 1 is 1.15 bits per heavy atom. The number of H-pyrrole nitrogens is 1. The first-order chi connectivity index (χ1) is 12.6. The summed E-state index contributed by atoms with van der Waals surface area (Å²) in [4.78, 5) is 15.2. The fraction of sp³-hybridized carbons (Fsp3) is 0.190. The van der Waals surface area contributed by atoms with E-state index in [0.717, 1.165) is 33.8 Å². The molecule has 2 aromatic heterocycles. The minimum Gasteiger partial charge on any atom is -0.507 e. The molecule has 0 fully saturated rings. The summed E-state index contributed by atoms with van der Waals surface area (Å²) in [5.74, 6) is 0.542. The molecule has 2 heterocycles. The maximum atomic E-state index is 12.3. The van der Waals surface area contributed by atoms with Crippen molar-refractivity contribution in [1.29, 1.82) is 0 Å². The van der Waals surface area contributed by atoms with Gasteiger partial charge in [0, 0.05) is 21.9 Å². The Labute approximate surface area is 167 Å². The molecule has 0 aliphatic rings. The highest BCUT2D eigenvalue weighted by Gasteiger charge is 2.16. The van der Waals surface area contributed by atoms with E-state index in [1.54, 1.807) is 12.1 Å². The van der Waals surface area contributed by atoms with E-state index >= 15 is 0 Å². The highest BCUT2D eigenvalue weighted by Crippen LogP contribution is 2.39. The van der Waals surface area contributed by atoms with Gasteiger partial charge >= 0.3 is 0 Å². The first-order valence-corrected chi connectivity index (χ1v) is 9.57. The summed E-state index contributed by atoms with van der Waals surface area (Å²) in [7, 11) is 0. The van der Waals surface area contributed by atoms with Crippen molar-refractivity contribution in [2.75, 3.05) is 6.54 Å². The lowest BCUT2D eigenvalue weighted by Crippen LogP contribution is -2.11. The Bertz CT molecular complexity index is 1140. The fourth-order valence-electron chi connectivity index (χ4n) is 3.59. The van der Waals surface area contributed by atoms with Crippen molar-refractivity contribution in [3.8, 4) is 16.9 Å².